The van der Waals surface area contributed by atoms with Gasteiger partial charge in [-0.25, -0.2) is 0 Å². The number of aromatic nitrogens is 1. The number of fused-ring (bicyclic) bond motifs is 1. The number of pyridine rings is 1. The van der Waals surface area contributed by atoms with Gasteiger partial charge in [0, 0.05) is 25.2 Å². The Kier molecular flexibility index (Phi) is 6.26. The fourth-order valence-corrected chi connectivity index (χ4v) is 3.37. The van der Waals surface area contributed by atoms with Crippen molar-refractivity contribution >= 4 is 0 Å². The molecular formula is C21H27N3O4. The highest BCUT2D eigenvalue weighted by atomic mass is 16.6. The Morgan fingerprint density at radius 2 is 2.11 bits per heavy atom. The number of likely N-dealkylation sites (N-methyl/N-ethyl adjacent to an activating group) is 1. The fourth-order valence-electron chi connectivity index (χ4n) is 3.37. The first-order valence-corrected chi connectivity index (χ1v) is 9.88. The van der Waals surface area contributed by atoms with Gasteiger partial charge in [0.1, 0.15) is 19.0 Å². The van der Waals surface area contributed by atoms with Crippen LogP contribution in [0.4, 0.5) is 0 Å². The van der Waals surface area contributed by atoms with Gasteiger partial charge in [0.25, 0.3) is 0 Å². The zero-order chi connectivity index (χ0) is 19.2. The molecule has 150 valence electrons. The van der Waals surface area contributed by atoms with E-state index in [0.29, 0.717) is 13.2 Å². The summed E-state index contributed by atoms with van der Waals surface area (Å²) in [7, 11) is 0. The smallest absolute Gasteiger partial charge is 0.184 e. The van der Waals surface area contributed by atoms with Gasteiger partial charge < -0.3 is 18.9 Å². The molecule has 1 unspecified atom stereocenters. The molecule has 1 N–H and O–H groups in total. The zero-order valence-corrected chi connectivity index (χ0v) is 16.2. The summed E-state index contributed by atoms with van der Waals surface area (Å²) in [6, 6.07) is 9.79. The van der Waals surface area contributed by atoms with Crippen LogP contribution in [0, 0.1) is 0 Å². The minimum Gasteiger partial charge on any atom is -0.491 e. The number of nitrogens with one attached hydrogen (secondary N) is 1. The van der Waals surface area contributed by atoms with Crippen molar-refractivity contribution in [2.45, 2.75) is 13.2 Å². The molecule has 0 aliphatic carbocycles. The van der Waals surface area contributed by atoms with Crippen LogP contribution in [0.3, 0.4) is 0 Å². The second-order valence-corrected chi connectivity index (χ2v) is 6.79. The normalized spacial score (nSPS) is 19.4. The second kappa shape index (κ2) is 9.23. The minimum atomic E-state index is -0.151. The third-order valence-electron chi connectivity index (χ3n) is 4.85. The molecule has 0 spiro atoms. The van der Waals surface area contributed by atoms with Crippen molar-refractivity contribution in [2.75, 3.05) is 52.6 Å². The first-order chi connectivity index (χ1) is 13.8. The fraction of sp³-hybridized carbons (Fsp3) is 0.476. The first-order valence-electron chi connectivity index (χ1n) is 9.88. The molecule has 1 atom stereocenters. The monoisotopic (exact) mass is 385 g/mol. The van der Waals surface area contributed by atoms with Crippen LogP contribution in [-0.2, 0) is 4.74 Å². The van der Waals surface area contributed by atoms with Gasteiger partial charge in [-0.15, -0.1) is 0 Å². The molecule has 4 rings (SSSR count). The lowest BCUT2D eigenvalue weighted by Crippen LogP contribution is -2.41. The van der Waals surface area contributed by atoms with E-state index in [1.165, 1.54) is 0 Å². The summed E-state index contributed by atoms with van der Waals surface area (Å²) in [5.41, 5.74) is 1.75. The van der Waals surface area contributed by atoms with Crippen molar-refractivity contribution in [3.63, 3.8) is 0 Å². The lowest BCUT2D eigenvalue weighted by atomic mass is 10.1. The predicted molar refractivity (Wildman–Crippen MR) is 106 cm³/mol. The number of rotatable bonds is 7. The summed E-state index contributed by atoms with van der Waals surface area (Å²) in [5.74, 6) is 2.25. The highest BCUT2D eigenvalue weighted by molar-refractivity contribution is 5.71. The van der Waals surface area contributed by atoms with Crippen molar-refractivity contribution in [1.82, 2.24) is 15.2 Å². The van der Waals surface area contributed by atoms with Gasteiger partial charge in [-0.2, -0.15) is 0 Å². The van der Waals surface area contributed by atoms with E-state index in [0.717, 1.165) is 67.9 Å². The molecule has 2 aromatic rings. The third kappa shape index (κ3) is 4.55. The summed E-state index contributed by atoms with van der Waals surface area (Å²) in [6.45, 7) is 8.44. The highest BCUT2D eigenvalue weighted by Crippen LogP contribution is 2.40. The van der Waals surface area contributed by atoms with Crippen LogP contribution in [0.5, 0.6) is 17.2 Å². The molecule has 0 saturated carbocycles. The van der Waals surface area contributed by atoms with Gasteiger partial charge >= 0.3 is 0 Å². The Hall–Kier alpha value is -2.35. The summed E-state index contributed by atoms with van der Waals surface area (Å²) in [5, 5.41) is 3.26. The molecule has 1 aromatic heterocycles. The van der Waals surface area contributed by atoms with Crippen LogP contribution >= 0.6 is 0 Å². The molecule has 2 aliphatic rings. The van der Waals surface area contributed by atoms with Crippen molar-refractivity contribution in [2.24, 2.45) is 0 Å². The number of para-hydroxylation sites is 1. The average Bonchev–Trinajstić information content (AvgIpc) is 2.75. The van der Waals surface area contributed by atoms with Crippen molar-refractivity contribution < 1.29 is 18.9 Å². The number of hydrogen-bond acceptors (Lipinski definition) is 7. The molecule has 7 heteroatoms. The SMILES string of the molecule is CCNC1COc2cccc(-c3ccc(OCCN4CCOCC4)cn3)c2O1. The number of morpholine rings is 1. The number of benzene rings is 1. The molecule has 1 fully saturated rings. The Morgan fingerprint density at radius 1 is 1.21 bits per heavy atom. The van der Waals surface area contributed by atoms with E-state index in [1.54, 1.807) is 6.20 Å². The lowest BCUT2D eigenvalue weighted by Gasteiger charge is -2.28. The van der Waals surface area contributed by atoms with E-state index < -0.39 is 0 Å². The first kappa shape index (κ1) is 19.0. The summed E-state index contributed by atoms with van der Waals surface area (Å²) >= 11 is 0. The molecule has 28 heavy (non-hydrogen) atoms. The van der Waals surface area contributed by atoms with Gasteiger partial charge in [-0.3, -0.25) is 15.2 Å². The van der Waals surface area contributed by atoms with E-state index in [1.807, 2.05) is 37.3 Å². The van der Waals surface area contributed by atoms with E-state index in [-0.39, 0.29) is 6.23 Å². The summed E-state index contributed by atoms with van der Waals surface area (Å²) < 4.78 is 23.1. The van der Waals surface area contributed by atoms with Crippen molar-refractivity contribution in [3.05, 3.63) is 36.5 Å². The topological polar surface area (TPSA) is 65.1 Å². The Bertz CT molecular complexity index is 763. The van der Waals surface area contributed by atoms with E-state index in [4.69, 9.17) is 18.9 Å². The molecule has 3 heterocycles. The largest absolute Gasteiger partial charge is 0.491 e. The lowest BCUT2D eigenvalue weighted by molar-refractivity contribution is 0.0322. The van der Waals surface area contributed by atoms with E-state index in [2.05, 4.69) is 15.2 Å². The van der Waals surface area contributed by atoms with Crippen LogP contribution in [0.15, 0.2) is 36.5 Å². The maximum absolute atomic E-state index is 6.10. The summed E-state index contributed by atoms with van der Waals surface area (Å²) in [4.78, 5) is 6.93. The Labute approximate surface area is 165 Å². The maximum atomic E-state index is 6.10. The molecule has 0 radical (unpaired) electrons. The third-order valence-corrected chi connectivity index (χ3v) is 4.85. The molecule has 0 amide bonds. The predicted octanol–water partition coefficient (Wildman–Crippen LogP) is 2.17. The van der Waals surface area contributed by atoms with Crippen LogP contribution in [-0.4, -0.2) is 68.7 Å². The molecule has 1 aromatic carbocycles. The Balaban J connectivity index is 1.40. The van der Waals surface area contributed by atoms with Crippen LogP contribution in [0.1, 0.15) is 6.92 Å². The van der Waals surface area contributed by atoms with Gasteiger partial charge in [-0.05, 0) is 30.8 Å². The van der Waals surface area contributed by atoms with E-state index >= 15 is 0 Å². The highest BCUT2D eigenvalue weighted by Gasteiger charge is 2.23. The van der Waals surface area contributed by atoms with Crippen LogP contribution < -0.4 is 19.5 Å². The molecule has 1 saturated heterocycles. The van der Waals surface area contributed by atoms with Crippen molar-refractivity contribution in [1.29, 1.82) is 0 Å². The summed E-state index contributed by atoms with van der Waals surface area (Å²) in [6.07, 6.45) is 1.61. The zero-order valence-electron chi connectivity index (χ0n) is 16.2. The second-order valence-electron chi connectivity index (χ2n) is 6.79. The number of hydrogen-bond donors (Lipinski definition) is 1. The van der Waals surface area contributed by atoms with Crippen molar-refractivity contribution in [3.8, 4) is 28.5 Å². The maximum Gasteiger partial charge on any atom is 0.184 e. The van der Waals surface area contributed by atoms with Crippen LogP contribution in [0.25, 0.3) is 11.3 Å². The number of ether oxygens (including phenoxy) is 4. The molecule has 7 nitrogen and oxygen atoms in total. The standard InChI is InChI=1S/C21H27N3O4/c1-2-22-20-15-27-19-5-3-4-17(21(19)28-20)18-7-6-16(14-23-18)26-13-10-24-8-11-25-12-9-24/h3-7,14,20,22H,2,8-13,15H2,1H3. The molecule has 0 bridgehead atoms. The van der Waals surface area contributed by atoms with Gasteiger partial charge in [0.05, 0.1) is 25.1 Å². The van der Waals surface area contributed by atoms with E-state index in [9.17, 15) is 0 Å². The van der Waals surface area contributed by atoms with Gasteiger partial charge in [-0.1, -0.05) is 13.0 Å². The quantitative estimate of drug-likeness (QED) is 0.784. The average molecular weight is 385 g/mol. The van der Waals surface area contributed by atoms with Gasteiger partial charge in [0.2, 0.25) is 0 Å². The Morgan fingerprint density at radius 3 is 2.89 bits per heavy atom. The minimum absolute atomic E-state index is 0.151. The number of nitrogens with zero attached hydrogens (tertiary/aromatic N) is 2. The van der Waals surface area contributed by atoms with Crippen LogP contribution in [0.2, 0.25) is 0 Å². The molecule has 2 aliphatic heterocycles. The molecular weight excluding hydrogens is 358 g/mol. The van der Waals surface area contributed by atoms with Gasteiger partial charge in [0.15, 0.2) is 17.7 Å².